The van der Waals surface area contributed by atoms with E-state index >= 15 is 0 Å². The fourth-order valence-corrected chi connectivity index (χ4v) is 3.11. The minimum Gasteiger partial charge on any atom is -0.268 e. The zero-order chi connectivity index (χ0) is 11.9. The number of amides is 1. The normalized spacial score (nSPS) is 17.1. The third kappa shape index (κ3) is 2.41. The third-order valence-electron chi connectivity index (χ3n) is 2.32. The molecule has 1 aliphatic rings. The van der Waals surface area contributed by atoms with Crippen molar-refractivity contribution in [2.45, 2.75) is 19.9 Å². The highest BCUT2D eigenvalue weighted by molar-refractivity contribution is 7.91. The van der Waals surface area contributed by atoms with Crippen molar-refractivity contribution in [1.29, 1.82) is 0 Å². The lowest BCUT2D eigenvalue weighted by Gasteiger charge is -2.31. The summed E-state index contributed by atoms with van der Waals surface area (Å²) in [5.74, 6) is -0.482. The van der Waals surface area contributed by atoms with E-state index in [1.54, 1.807) is 38.1 Å². The summed E-state index contributed by atoms with van der Waals surface area (Å²) in [7, 11) is -3.75. The zero-order valence-electron chi connectivity index (χ0n) is 9.67. The number of benzene rings is 1. The van der Waals surface area contributed by atoms with Gasteiger partial charge in [-0.2, -0.15) is 8.42 Å². The van der Waals surface area contributed by atoms with Crippen LogP contribution in [0.4, 0.5) is 5.69 Å². The number of anilines is 1. The van der Waals surface area contributed by atoms with Gasteiger partial charge in [0.25, 0.3) is 5.91 Å². The average molecular weight is 265 g/mol. The number of carbonyl (C=O) groups is 1. The highest BCUT2D eigenvalue weighted by Gasteiger charge is 2.36. The molecule has 1 heterocycles. The van der Waals surface area contributed by atoms with E-state index in [-0.39, 0.29) is 23.1 Å². The second kappa shape index (κ2) is 4.83. The summed E-state index contributed by atoms with van der Waals surface area (Å²) in [6, 6.07) is 6.16. The zero-order valence-corrected chi connectivity index (χ0v) is 11.9. The fraction of sp³-hybridized carbons (Fsp3) is 0.300. The van der Waals surface area contributed by atoms with Gasteiger partial charge in [0.2, 0.25) is 0 Å². The summed E-state index contributed by atoms with van der Waals surface area (Å²) in [6.07, 6.45) is 0. The van der Waals surface area contributed by atoms with Crippen LogP contribution in [-0.2, 0) is 10.2 Å². The summed E-state index contributed by atoms with van der Waals surface area (Å²) in [5, 5.41) is 0. The number of nitrogens with one attached hydrogen (secondary N) is 1. The molecule has 0 spiro atoms. The number of carbonyl (C=O) groups excluding carboxylic acids is 1. The van der Waals surface area contributed by atoms with E-state index in [1.807, 2.05) is 0 Å². The van der Waals surface area contributed by atoms with Gasteiger partial charge in [-0.3, -0.25) is 9.52 Å². The molecule has 1 aromatic rings. The number of para-hydroxylation sites is 1. The van der Waals surface area contributed by atoms with E-state index in [4.69, 9.17) is 0 Å². The quantitative estimate of drug-likeness (QED) is 0.764. The maximum absolute atomic E-state index is 12.0. The molecule has 0 saturated heterocycles. The van der Waals surface area contributed by atoms with Crippen molar-refractivity contribution < 1.29 is 13.2 Å². The number of fused-ring (bicyclic) bond motifs is 1. The van der Waals surface area contributed by atoms with Gasteiger partial charge in [0.1, 0.15) is 0 Å². The van der Waals surface area contributed by atoms with Crippen LogP contribution in [0.5, 0.6) is 0 Å². The molecule has 1 aliphatic heterocycles. The molecule has 1 N–H and O–H groups in total. The summed E-state index contributed by atoms with van der Waals surface area (Å²) >= 11 is 0. The van der Waals surface area contributed by atoms with Crippen LogP contribution in [0.2, 0.25) is 0 Å². The Morgan fingerprint density at radius 1 is 1.24 bits per heavy atom. The first kappa shape index (κ1) is 14.3. The minimum absolute atomic E-state index is 0. The Bertz CT molecular complexity index is 542. The van der Waals surface area contributed by atoms with Crippen molar-refractivity contribution in [2.24, 2.45) is 0 Å². The van der Waals surface area contributed by atoms with Gasteiger partial charge in [0, 0.05) is 29.1 Å². The summed E-state index contributed by atoms with van der Waals surface area (Å²) in [6.45, 7) is 3.32. The first-order valence-corrected chi connectivity index (χ1v) is 6.33. The monoisotopic (exact) mass is 264 g/mol. The SMILES string of the molecule is CC(C)N1C(=O)c2ccccc2NS1(=O)=O.[Mg]. The number of hydrogen-bond acceptors (Lipinski definition) is 3. The van der Waals surface area contributed by atoms with Crippen LogP contribution in [0, 0.1) is 0 Å². The predicted octanol–water partition coefficient (Wildman–Crippen LogP) is 0.827. The molecule has 1 aromatic carbocycles. The highest BCUT2D eigenvalue weighted by atomic mass is 32.2. The largest absolute Gasteiger partial charge is 0.326 e. The van der Waals surface area contributed by atoms with Gasteiger partial charge in [-0.15, -0.1) is 0 Å². The summed E-state index contributed by atoms with van der Waals surface area (Å²) in [4.78, 5) is 12.0. The van der Waals surface area contributed by atoms with Gasteiger partial charge >= 0.3 is 10.2 Å². The van der Waals surface area contributed by atoms with Crippen molar-refractivity contribution in [3.63, 3.8) is 0 Å². The van der Waals surface area contributed by atoms with Crippen LogP contribution in [0.25, 0.3) is 0 Å². The molecule has 0 aliphatic carbocycles. The average Bonchev–Trinajstić information content (AvgIpc) is 2.15. The molecule has 0 saturated carbocycles. The highest BCUT2D eigenvalue weighted by Crippen LogP contribution is 2.27. The molecular formula is C10H12MgN2O3S. The molecule has 0 fully saturated rings. The smallest absolute Gasteiger partial charge is 0.268 e. The van der Waals surface area contributed by atoms with Crippen molar-refractivity contribution >= 4 is 44.9 Å². The van der Waals surface area contributed by atoms with E-state index in [9.17, 15) is 13.2 Å². The van der Waals surface area contributed by atoms with Crippen molar-refractivity contribution in [2.75, 3.05) is 4.72 Å². The van der Waals surface area contributed by atoms with Crippen molar-refractivity contribution in [3.8, 4) is 0 Å². The maximum Gasteiger partial charge on any atom is 0.326 e. The van der Waals surface area contributed by atoms with Gasteiger partial charge in [0.15, 0.2) is 0 Å². The first-order chi connectivity index (χ1) is 7.43. The van der Waals surface area contributed by atoms with Gasteiger partial charge in [-0.25, -0.2) is 4.31 Å². The predicted molar refractivity (Wildman–Crippen MR) is 66.0 cm³/mol. The third-order valence-corrected chi connectivity index (χ3v) is 3.91. The fourth-order valence-electron chi connectivity index (χ4n) is 1.69. The number of rotatable bonds is 1. The van der Waals surface area contributed by atoms with Crippen LogP contribution < -0.4 is 4.72 Å². The van der Waals surface area contributed by atoms with Crippen LogP contribution in [0.15, 0.2) is 24.3 Å². The maximum atomic E-state index is 12.0. The second-order valence-electron chi connectivity index (χ2n) is 3.85. The second-order valence-corrected chi connectivity index (χ2v) is 5.40. The lowest BCUT2D eigenvalue weighted by molar-refractivity contribution is 0.0834. The van der Waals surface area contributed by atoms with Crippen LogP contribution in [-0.4, -0.2) is 47.7 Å². The van der Waals surface area contributed by atoms with E-state index in [1.165, 1.54) is 0 Å². The van der Waals surface area contributed by atoms with E-state index in [2.05, 4.69) is 4.72 Å². The van der Waals surface area contributed by atoms with Gasteiger partial charge in [0.05, 0.1) is 11.3 Å². The lowest BCUT2D eigenvalue weighted by Crippen LogP contribution is -2.48. The molecule has 1 amide bonds. The van der Waals surface area contributed by atoms with Crippen LogP contribution >= 0.6 is 0 Å². The van der Waals surface area contributed by atoms with Crippen molar-refractivity contribution in [1.82, 2.24) is 4.31 Å². The molecular weight excluding hydrogens is 252 g/mol. The Morgan fingerprint density at radius 2 is 1.82 bits per heavy atom. The number of hydrogen-bond donors (Lipinski definition) is 1. The molecule has 0 aromatic heterocycles. The standard InChI is InChI=1S/C10H12N2O3S.Mg/c1-7(2)12-10(13)8-5-3-4-6-9(8)11-16(12,14)15;/h3-7,11H,1-2H3;. The van der Waals surface area contributed by atoms with Gasteiger partial charge in [-0.05, 0) is 26.0 Å². The topological polar surface area (TPSA) is 66.5 Å². The minimum atomic E-state index is -3.75. The Morgan fingerprint density at radius 3 is 2.41 bits per heavy atom. The van der Waals surface area contributed by atoms with Crippen LogP contribution in [0.1, 0.15) is 24.2 Å². The Kier molecular flexibility index (Phi) is 4.05. The molecule has 0 unspecified atom stereocenters. The summed E-state index contributed by atoms with van der Waals surface area (Å²) < 4.78 is 26.8. The molecule has 2 radical (unpaired) electrons. The number of nitrogens with zero attached hydrogens (tertiary/aromatic N) is 1. The summed E-state index contributed by atoms with van der Waals surface area (Å²) in [5.41, 5.74) is 0.718. The molecule has 0 atom stereocenters. The molecule has 2 rings (SSSR count). The van der Waals surface area contributed by atoms with E-state index in [0.29, 0.717) is 11.3 Å². The molecule has 17 heavy (non-hydrogen) atoms. The Labute approximate surface area is 117 Å². The molecule has 7 heteroatoms. The van der Waals surface area contributed by atoms with Crippen molar-refractivity contribution in [3.05, 3.63) is 29.8 Å². The Hall–Kier alpha value is -0.794. The first-order valence-electron chi connectivity index (χ1n) is 4.89. The molecule has 88 valence electrons. The Balaban J connectivity index is 0.00000144. The lowest BCUT2D eigenvalue weighted by atomic mass is 10.1. The van der Waals surface area contributed by atoms with Gasteiger partial charge < -0.3 is 0 Å². The molecule has 0 bridgehead atoms. The molecule has 5 nitrogen and oxygen atoms in total. The van der Waals surface area contributed by atoms with E-state index in [0.717, 1.165) is 4.31 Å². The van der Waals surface area contributed by atoms with E-state index < -0.39 is 22.2 Å². The van der Waals surface area contributed by atoms with Crippen LogP contribution in [0.3, 0.4) is 0 Å². The van der Waals surface area contributed by atoms with Gasteiger partial charge in [-0.1, -0.05) is 12.1 Å².